The van der Waals surface area contributed by atoms with E-state index in [1.165, 1.54) is 42.8 Å². The summed E-state index contributed by atoms with van der Waals surface area (Å²) in [6.45, 7) is 10.7. The fourth-order valence-electron chi connectivity index (χ4n) is 6.45. The molecule has 1 amide bonds. The summed E-state index contributed by atoms with van der Waals surface area (Å²) in [5.41, 5.74) is 2.99. The fourth-order valence-corrected chi connectivity index (χ4v) is 6.45. The van der Waals surface area contributed by atoms with Gasteiger partial charge in [0.25, 0.3) is 5.91 Å². The summed E-state index contributed by atoms with van der Waals surface area (Å²) in [6.07, 6.45) is 7.05. The predicted molar refractivity (Wildman–Crippen MR) is 153 cm³/mol. The van der Waals surface area contributed by atoms with Crippen LogP contribution >= 0.6 is 0 Å². The predicted octanol–water partition coefficient (Wildman–Crippen LogP) is 4.69. The van der Waals surface area contributed by atoms with E-state index in [0.29, 0.717) is 24.0 Å². The maximum atomic E-state index is 14.2. The third kappa shape index (κ3) is 6.37. The van der Waals surface area contributed by atoms with Gasteiger partial charge in [0.15, 0.2) is 11.6 Å². The number of benzene rings is 1. The highest BCUT2D eigenvalue weighted by Gasteiger charge is 2.34. The van der Waals surface area contributed by atoms with Crippen LogP contribution in [0.5, 0.6) is 11.5 Å². The second kappa shape index (κ2) is 12.5. The highest BCUT2D eigenvalue weighted by atomic mass is 19.1. The molecule has 2 aromatic rings. The molecular weight excluding hydrogens is 525 g/mol. The summed E-state index contributed by atoms with van der Waals surface area (Å²) in [5.74, 6) is 1.18. The molecule has 41 heavy (non-hydrogen) atoms. The van der Waals surface area contributed by atoms with Gasteiger partial charge in [0.05, 0.1) is 24.8 Å². The average Bonchev–Trinajstić information content (AvgIpc) is 3.53. The Morgan fingerprint density at radius 1 is 1.07 bits per heavy atom. The lowest BCUT2D eigenvalue weighted by atomic mass is 9.82. The third-order valence-corrected chi connectivity index (χ3v) is 8.57. The molecule has 220 valence electrons. The summed E-state index contributed by atoms with van der Waals surface area (Å²) in [5, 5.41) is 0. The summed E-state index contributed by atoms with van der Waals surface area (Å²) in [4.78, 5) is 40.2. The van der Waals surface area contributed by atoms with Crippen molar-refractivity contribution in [2.24, 2.45) is 11.8 Å². The molecule has 0 radical (unpaired) electrons. The number of carbonyl (C=O) groups is 2. The normalized spacial score (nSPS) is 20.9. The number of nitrogens with zero attached hydrogens (tertiary/aromatic N) is 5. The Bertz CT molecular complexity index is 1290. The van der Waals surface area contributed by atoms with Gasteiger partial charge in [-0.3, -0.25) is 14.5 Å². The van der Waals surface area contributed by atoms with Gasteiger partial charge in [-0.1, -0.05) is 0 Å². The maximum absolute atomic E-state index is 14.2. The second-order valence-corrected chi connectivity index (χ2v) is 11.6. The van der Waals surface area contributed by atoms with Gasteiger partial charge in [-0.2, -0.15) is 0 Å². The number of amides is 1. The van der Waals surface area contributed by atoms with Crippen LogP contribution in [0.2, 0.25) is 0 Å². The first-order valence-electron chi connectivity index (χ1n) is 14.6. The number of carbonyl (C=O) groups excluding carboxylic acids is 2. The van der Waals surface area contributed by atoms with Crippen LogP contribution in [0.15, 0.2) is 41.9 Å². The topological polar surface area (TPSA) is 88.1 Å². The molecule has 0 bridgehead atoms. The Balaban J connectivity index is 1.23. The smallest absolute Gasteiger partial charge is 0.308 e. The molecule has 0 spiro atoms. The maximum Gasteiger partial charge on any atom is 0.308 e. The van der Waals surface area contributed by atoms with E-state index in [0.717, 1.165) is 58.4 Å². The van der Waals surface area contributed by atoms with Crippen molar-refractivity contribution in [3.8, 4) is 11.5 Å². The molecule has 3 aliphatic rings. The second-order valence-electron chi connectivity index (χ2n) is 11.6. The third-order valence-electron chi connectivity index (χ3n) is 8.57. The van der Waals surface area contributed by atoms with Crippen LogP contribution in [0.25, 0.3) is 0 Å². The van der Waals surface area contributed by atoms with Crippen LogP contribution < -0.4 is 9.64 Å². The number of rotatable bonds is 9. The Morgan fingerprint density at radius 3 is 2.41 bits per heavy atom. The van der Waals surface area contributed by atoms with Gasteiger partial charge in [0, 0.05) is 45.3 Å². The van der Waals surface area contributed by atoms with E-state index in [1.807, 2.05) is 20.8 Å². The molecule has 0 saturated heterocycles. The number of methoxy groups -OCH3 is 1. The van der Waals surface area contributed by atoms with E-state index in [2.05, 4.69) is 19.8 Å². The molecular formula is C31H40FN5O4. The highest BCUT2D eigenvalue weighted by molar-refractivity contribution is 5.97. The van der Waals surface area contributed by atoms with Crippen LogP contribution in [-0.4, -0.2) is 84.1 Å². The number of halogens is 1. The summed E-state index contributed by atoms with van der Waals surface area (Å²) in [7, 11) is 1.47. The summed E-state index contributed by atoms with van der Waals surface area (Å²) < 4.78 is 25.4. The first-order chi connectivity index (χ1) is 19.8. The first-order valence-corrected chi connectivity index (χ1v) is 14.6. The fraction of sp³-hybridized carbons (Fsp3) is 0.548. The van der Waals surface area contributed by atoms with Crippen molar-refractivity contribution in [1.29, 1.82) is 0 Å². The minimum Gasteiger partial charge on any atom is -0.469 e. The molecule has 1 aromatic carbocycles. The van der Waals surface area contributed by atoms with Crippen molar-refractivity contribution in [3.63, 3.8) is 0 Å². The zero-order valence-electron chi connectivity index (χ0n) is 24.4. The molecule has 5 rings (SSSR count). The number of esters is 1. The lowest BCUT2D eigenvalue weighted by Gasteiger charge is -2.31. The first kappa shape index (κ1) is 29.0. The van der Waals surface area contributed by atoms with Crippen LogP contribution in [0, 0.1) is 17.7 Å². The number of hydrogen-bond acceptors (Lipinski definition) is 8. The van der Waals surface area contributed by atoms with Crippen LogP contribution in [0.3, 0.4) is 0 Å². The molecule has 3 heterocycles. The average molecular weight is 566 g/mol. The molecule has 0 unspecified atom stereocenters. The van der Waals surface area contributed by atoms with Crippen LogP contribution in [0.4, 0.5) is 10.2 Å². The van der Waals surface area contributed by atoms with Gasteiger partial charge < -0.3 is 19.3 Å². The van der Waals surface area contributed by atoms with Crippen molar-refractivity contribution >= 4 is 17.7 Å². The Hall–Kier alpha value is -3.53. The van der Waals surface area contributed by atoms with E-state index >= 15 is 0 Å². The number of ether oxygens (including phenoxy) is 2. The van der Waals surface area contributed by atoms with E-state index < -0.39 is 5.82 Å². The SMILES string of the molecule is CCN(C(=O)c1cc(F)ccc1Oc1cncnc1N1CC2=C(CN(CC3CCC(C(=O)OC)CC3)C2)C1)C(C)C. The molecule has 2 aliphatic heterocycles. The van der Waals surface area contributed by atoms with Crippen molar-refractivity contribution in [3.05, 3.63) is 53.3 Å². The lowest BCUT2D eigenvalue weighted by molar-refractivity contribution is -0.146. The molecule has 1 saturated carbocycles. The molecule has 1 aromatic heterocycles. The van der Waals surface area contributed by atoms with E-state index in [4.69, 9.17) is 9.47 Å². The molecule has 9 nitrogen and oxygen atoms in total. The van der Waals surface area contributed by atoms with Crippen molar-refractivity contribution in [2.75, 3.05) is 51.3 Å². The van der Waals surface area contributed by atoms with Crippen molar-refractivity contribution < 1.29 is 23.5 Å². The van der Waals surface area contributed by atoms with Crippen molar-refractivity contribution in [2.45, 2.75) is 52.5 Å². The van der Waals surface area contributed by atoms with Crippen molar-refractivity contribution in [1.82, 2.24) is 19.8 Å². The van der Waals surface area contributed by atoms with E-state index in [-0.39, 0.29) is 35.1 Å². The number of hydrogen-bond donors (Lipinski definition) is 0. The number of aromatic nitrogens is 2. The molecule has 1 aliphatic carbocycles. The van der Waals surface area contributed by atoms with Gasteiger partial charge in [0.1, 0.15) is 17.9 Å². The summed E-state index contributed by atoms with van der Waals surface area (Å²) >= 11 is 0. The minimum absolute atomic E-state index is 0.0354. The van der Waals surface area contributed by atoms with Gasteiger partial charge in [0.2, 0.25) is 0 Å². The zero-order valence-corrected chi connectivity index (χ0v) is 24.4. The van der Waals surface area contributed by atoms with E-state index in [1.54, 1.807) is 11.1 Å². The van der Waals surface area contributed by atoms with Gasteiger partial charge >= 0.3 is 5.97 Å². The van der Waals surface area contributed by atoms with Crippen LogP contribution in [-0.2, 0) is 9.53 Å². The standard InChI is InChI=1S/C31H40FN5O4/c1-5-37(20(2)3)30(38)26-12-25(32)10-11-27(26)41-28-13-33-19-34-29(28)36-17-23-15-35(16-24(23)18-36)14-21-6-8-22(9-7-21)31(39)40-4/h10-13,19-22H,5-9,14-18H2,1-4H3. The highest BCUT2D eigenvalue weighted by Crippen LogP contribution is 2.37. The van der Waals surface area contributed by atoms with Gasteiger partial charge in [-0.15, -0.1) is 0 Å². The zero-order chi connectivity index (χ0) is 29.1. The monoisotopic (exact) mass is 565 g/mol. The van der Waals surface area contributed by atoms with Gasteiger partial charge in [-0.25, -0.2) is 14.4 Å². The lowest BCUT2D eigenvalue weighted by Crippen LogP contribution is -2.36. The minimum atomic E-state index is -0.494. The van der Waals surface area contributed by atoms with E-state index in [9.17, 15) is 14.0 Å². The molecule has 0 N–H and O–H groups in total. The Morgan fingerprint density at radius 2 is 1.78 bits per heavy atom. The summed E-state index contributed by atoms with van der Waals surface area (Å²) in [6, 6.07) is 3.98. The Kier molecular flexibility index (Phi) is 8.87. The van der Waals surface area contributed by atoms with Gasteiger partial charge in [-0.05, 0) is 81.7 Å². The number of anilines is 1. The molecule has 10 heteroatoms. The Labute approximate surface area is 241 Å². The molecule has 0 atom stereocenters. The largest absolute Gasteiger partial charge is 0.469 e. The quantitative estimate of drug-likeness (QED) is 0.320. The molecule has 1 fully saturated rings. The van der Waals surface area contributed by atoms with Crippen LogP contribution in [0.1, 0.15) is 56.8 Å².